The molecular formula is C13H13F3N2. The van der Waals surface area contributed by atoms with Gasteiger partial charge in [0.2, 0.25) is 0 Å². The molecule has 0 saturated carbocycles. The summed E-state index contributed by atoms with van der Waals surface area (Å²) >= 11 is 0. The van der Waals surface area contributed by atoms with E-state index in [9.17, 15) is 13.2 Å². The fourth-order valence-electron chi connectivity index (χ4n) is 2.05. The van der Waals surface area contributed by atoms with E-state index in [4.69, 9.17) is 5.73 Å². The third kappa shape index (κ3) is 2.31. The Morgan fingerprint density at radius 1 is 1.28 bits per heavy atom. The molecule has 0 bridgehead atoms. The normalized spacial score (nSPS) is 12.1. The van der Waals surface area contributed by atoms with Crippen molar-refractivity contribution in [3.05, 3.63) is 41.1 Å². The quantitative estimate of drug-likeness (QED) is 0.894. The molecule has 0 atom stereocenters. The highest BCUT2D eigenvalue weighted by Gasteiger charge is 2.33. The fourth-order valence-corrected chi connectivity index (χ4v) is 2.05. The van der Waals surface area contributed by atoms with Gasteiger partial charge in [0.1, 0.15) is 0 Å². The molecule has 2 aromatic rings. The second kappa shape index (κ2) is 4.57. The van der Waals surface area contributed by atoms with Crippen LogP contribution >= 0.6 is 0 Å². The van der Waals surface area contributed by atoms with Gasteiger partial charge in [0.15, 0.2) is 0 Å². The number of fused-ring (bicyclic) bond motifs is 1. The van der Waals surface area contributed by atoms with E-state index in [1.54, 1.807) is 19.1 Å². The van der Waals surface area contributed by atoms with E-state index >= 15 is 0 Å². The van der Waals surface area contributed by atoms with Crippen LogP contribution in [-0.2, 0) is 12.6 Å². The molecule has 96 valence electrons. The summed E-state index contributed by atoms with van der Waals surface area (Å²) in [6, 6.07) is 5.90. The lowest BCUT2D eigenvalue weighted by Gasteiger charge is -2.12. The van der Waals surface area contributed by atoms with Gasteiger partial charge in [-0.3, -0.25) is 4.98 Å². The number of nitrogens with two attached hydrogens (primary N) is 1. The van der Waals surface area contributed by atoms with Gasteiger partial charge >= 0.3 is 6.18 Å². The summed E-state index contributed by atoms with van der Waals surface area (Å²) in [5, 5.41) is 0.529. The topological polar surface area (TPSA) is 38.9 Å². The molecule has 2 N–H and O–H groups in total. The molecule has 2 rings (SSSR count). The Balaban J connectivity index is 2.77. The van der Waals surface area contributed by atoms with Crippen LogP contribution in [0, 0.1) is 6.92 Å². The van der Waals surface area contributed by atoms with Gasteiger partial charge in [-0.25, -0.2) is 0 Å². The summed E-state index contributed by atoms with van der Waals surface area (Å²) in [7, 11) is 0. The van der Waals surface area contributed by atoms with Crippen molar-refractivity contribution < 1.29 is 13.2 Å². The number of aromatic nitrogens is 1. The Bertz CT molecular complexity index is 576. The number of halogens is 3. The second-order valence-electron chi connectivity index (χ2n) is 4.16. The van der Waals surface area contributed by atoms with Crippen molar-refractivity contribution in [2.75, 3.05) is 6.54 Å². The van der Waals surface area contributed by atoms with Crippen molar-refractivity contribution in [2.45, 2.75) is 19.5 Å². The van der Waals surface area contributed by atoms with Crippen LogP contribution in [0.15, 0.2) is 24.3 Å². The van der Waals surface area contributed by atoms with Crippen molar-refractivity contribution >= 4 is 10.9 Å². The first kappa shape index (κ1) is 12.8. The van der Waals surface area contributed by atoms with Gasteiger partial charge in [0.25, 0.3) is 0 Å². The molecule has 1 heterocycles. The van der Waals surface area contributed by atoms with Gasteiger partial charge in [-0.05, 0) is 37.6 Å². The van der Waals surface area contributed by atoms with E-state index < -0.39 is 11.7 Å². The average molecular weight is 254 g/mol. The van der Waals surface area contributed by atoms with E-state index in [-0.39, 0.29) is 5.52 Å². The predicted octanol–water partition coefficient (Wildman–Crippen LogP) is 3.06. The molecule has 0 fully saturated rings. The number of aryl methyl sites for hydroxylation is 1. The lowest BCUT2D eigenvalue weighted by molar-refractivity contribution is -0.136. The number of hydrogen-bond acceptors (Lipinski definition) is 2. The molecule has 1 aromatic carbocycles. The van der Waals surface area contributed by atoms with Crippen LogP contribution in [0.1, 0.15) is 16.8 Å². The SMILES string of the molecule is Cc1cc(CCN)c2cccc(C(F)(F)F)c2n1. The van der Waals surface area contributed by atoms with Crippen molar-refractivity contribution in [3.8, 4) is 0 Å². The molecule has 2 nitrogen and oxygen atoms in total. The molecular weight excluding hydrogens is 241 g/mol. The van der Waals surface area contributed by atoms with Gasteiger partial charge in [0.05, 0.1) is 11.1 Å². The molecule has 0 aliphatic heterocycles. The third-order valence-electron chi connectivity index (χ3n) is 2.77. The summed E-state index contributed by atoms with van der Waals surface area (Å²) in [5.74, 6) is 0. The molecule has 0 amide bonds. The van der Waals surface area contributed by atoms with Crippen molar-refractivity contribution in [1.82, 2.24) is 4.98 Å². The number of para-hydroxylation sites is 1. The first-order valence-electron chi connectivity index (χ1n) is 5.60. The fraction of sp³-hybridized carbons (Fsp3) is 0.308. The Kier molecular flexibility index (Phi) is 3.26. The second-order valence-corrected chi connectivity index (χ2v) is 4.16. The van der Waals surface area contributed by atoms with Crippen LogP contribution in [0.3, 0.4) is 0 Å². The number of hydrogen-bond donors (Lipinski definition) is 1. The van der Waals surface area contributed by atoms with Crippen molar-refractivity contribution in [3.63, 3.8) is 0 Å². The highest BCUT2D eigenvalue weighted by atomic mass is 19.4. The van der Waals surface area contributed by atoms with E-state index in [0.29, 0.717) is 24.0 Å². The van der Waals surface area contributed by atoms with Crippen LogP contribution < -0.4 is 5.73 Å². The van der Waals surface area contributed by atoms with E-state index in [0.717, 1.165) is 11.6 Å². The van der Waals surface area contributed by atoms with Gasteiger partial charge in [-0.1, -0.05) is 12.1 Å². The van der Waals surface area contributed by atoms with Crippen molar-refractivity contribution in [2.24, 2.45) is 5.73 Å². The number of benzene rings is 1. The summed E-state index contributed by atoms with van der Waals surface area (Å²) < 4.78 is 38.7. The molecule has 0 spiro atoms. The molecule has 5 heteroatoms. The van der Waals surface area contributed by atoms with Gasteiger partial charge in [0, 0.05) is 11.1 Å². The zero-order valence-electron chi connectivity index (χ0n) is 9.88. The lowest BCUT2D eigenvalue weighted by atomic mass is 10.0. The summed E-state index contributed by atoms with van der Waals surface area (Å²) in [5.41, 5.74) is 6.18. The van der Waals surface area contributed by atoms with E-state index in [2.05, 4.69) is 4.98 Å². The first-order valence-corrected chi connectivity index (χ1v) is 5.60. The minimum absolute atomic E-state index is 0.00782. The zero-order chi connectivity index (χ0) is 13.3. The standard InChI is InChI=1S/C13H13F3N2/c1-8-7-9(5-6-17)10-3-2-4-11(12(10)18-8)13(14,15)16/h2-4,7H,5-6,17H2,1H3. The maximum absolute atomic E-state index is 12.9. The number of rotatable bonds is 2. The summed E-state index contributed by atoms with van der Waals surface area (Å²) in [6.45, 7) is 2.08. The highest BCUT2D eigenvalue weighted by molar-refractivity contribution is 5.85. The minimum Gasteiger partial charge on any atom is -0.330 e. The van der Waals surface area contributed by atoms with Crippen LogP contribution in [0.25, 0.3) is 10.9 Å². The first-order chi connectivity index (χ1) is 8.43. The maximum Gasteiger partial charge on any atom is 0.418 e. The Labute approximate surface area is 103 Å². The zero-order valence-corrected chi connectivity index (χ0v) is 9.88. The molecule has 0 radical (unpaired) electrons. The van der Waals surface area contributed by atoms with Gasteiger partial charge in [-0.15, -0.1) is 0 Å². The highest BCUT2D eigenvalue weighted by Crippen LogP contribution is 2.34. The van der Waals surface area contributed by atoms with Crippen LogP contribution in [0.5, 0.6) is 0 Å². The third-order valence-corrected chi connectivity index (χ3v) is 2.77. The monoisotopic (exact) mass is 254 g/mol. The van der Waals surface area contributed by atoms with Crippen LogP contribution in [0.2, 0.25) is 0 Å². The Hall–Kier alpha value is -1.62. The largest absolute Gasteiger partial charge is 0.418 e. The maximum atomic E-state index is 12.9. The molecule has 0 aliphatic carbocycles. The van der Waals surface area contributed by atoms with Gasteiger partial charge in [-0.2, -0.15) is 13.2 Å². The molecule has 0 aliphatic rings. The molecule has 0 saturated heterocycles. The number of nitrogens with zero attached hydrogens (tertiary/aromatic N) is 1. The van der Waals surface area contributed by atoms with E-state index in [1.807, 2.05) is 0 Å². The van der Waals surface area contributed by atoms with Crippen LogP contribution in [-0.4, -0.2) is 11.5 Å². The number of alkyl halides is 3. The van der Waals surface area contributed by atoms with Crippen LogP contribution in [0.4, 0.5) is 13.2 Å². The minimum atomic E-state index is -4.39. The average Bonchev–Trinajstić information content (AvgIpc) is 2.27. The lowest BCUT2D eigenvalue weighted by Crippen LogP contribution is -2.09. The summed E-state index contributed by atoms with van der Waals surface area (Å²) in [4.78, 5) is 4.02. The molecule has 1 aromatic heterocycles. The smallest absolute Gasteiger partial charge is 0.330 e. The summed E-state index contributed by atoms with van der Waals surface area (Å²) in [6.07, 6.45) is -3.85. The van der Waals surface area contributed by atoms with E-state index in [1.165, 1.54) is 6.07 Å². The number of pyridine rings is 1. The predicted molar refractivity (Wildman–Crippen MR) is 64.2 cm³/mol. The molecule has 0 unspecified atom stereocenters. The van der Waals surface area contributed by atoms with Crippen molar-refractivity contribution in [1.29, 1.82) is 0 Å². The Morgan fingerprint density at radius 2 is 2.00 bits per heavy atom. The Morgan fingerprint density at radius 3 is 2.61 bits per heavy atom. The molecule has 18 heavy (non-hydrogen) atoms. The van der Waals surface area contributed by atoms with Gasteiger partial charge < -0.3 is 5.73 Å².